The van der Waals surface area contributed by atoms with Gasteiger partial charge in [0.15, 0.2) is 0 Å². The number of pyridine rings is 1. The van der Waals surface area contributed by atoms with Crippen molar-refractivity contribution in [1.82, 2.24) is 8.96 Å². The molecule has 7 heteroatoms. The number of halogens is 1. The Morgan fingerprint density at radius 2 is 2.00 bits per heavy atom. The zero-order valence-electron chi connectivity index (χ0n) is 12.8. The molecule has 0 amide bonds. The summed E-state index contributed by atoms with van der Waals surface area (Å²) in [5.41, 5.74) is 2.25. The van der Waals surface area contributed by atoms with E-state index in [4.69, 9.17) is 11.6 Å². The van der Waals surface area contributed by atoms with E-state index in [2.05, 4.69) is 10.3 Å². The van der Waals surface area contributed by atoms with Gasteiger partial charge in [-0.25, -0.2) is 8.42 Å². The molecule has 1 N–H and O–H groups in total. The van der Waals surface area contributed by atoms with Crippen LogP contribution in [0.4, 0.5) is 5.69 Å². The van der Waals surface area contributed by atoms with E-state index in [0.29, 0.717) is 17.1 Å². The molecule has 0 bridgehead atoms. The van der Waals surface area contributed by atoms with Gasteiger partial charge in [0.2, 0.25) is 10.0 Å². The molecule has 0 saturated carbocycles. The second-order valence-corrected chi connectivity index (χ2v) is 7.60. The van der Waals surface area contributed by atoms with Gasteiger partial charge in [-0.3, -0.25) is 8.96 Å². The minimum absolute atomic E-state index is 0.109. The van der Waals surface area contributed by atoms with Crippen molar-refractivity contribution in [1.29, 1.82) is 0 Å². The fourth-order valence-electron chi connectivity index (χ4n) is 2.26. The maximum Gasteiger partial charge on any atom is 0.242 e. The average Bonchev–Trinajstić information content (AvgIpc) is 3.03. The highest BCUT2D eigenvalue weighted by Gasteiger charge is 2.14. The lowest BCUT2D eigenvalue weighted by molar-refractivity contribution is 0.586. The number of anilines is 1. The molecule has 3 aromatic rings. The molecule has 0 radical (unpaired) electrons. The SMILES string of the molecule is O=S(=O)(Cc1cccc(Cl)c1)n1ccc(NCc2ccccn2)c1. The van der Waals surface area contributed by atoms with E-state index in [1.54, 1.807) is 42.7 Å². The topological polar surface area (TPSA) is 64.0 Å². The second-order valence-electron chi connectivity index (χ2n) is 5.29. The third-order valence-electron chi connectivity index (χ3n) is 3.43. The Labute approximate surface area is 146 Å². The minimum Gasteiger partial charge on any atom is -0.378 e. The van der Waals surface area contributed by atoms with Crippen molar-refractivity contribution in [3.05, 3.63) is 83.4 Å². The van der Waals surface area contributed by atoms with E-state index in [9.17, 15) is 8.42 Å². The summed E-state index contributed by atoms with van der Waals surface area (Å²) in [6, 6.07) is 14.2. The molecule has 24 heavy (non-hydrogen) atoms. The van der Waals surface area contributed by atoms with E-state index in [1.165, 1.54) is 10.2 Å². The molecule has 0 atom stereocenters. The molecule has 124 valence electrons. The van der Waals surface area contributed by atoms with E-state index in [1.807, 2.05) is 18.2 Å². The lowest BCUT2D eigenvalue weighted by Gasteiger charge is -2.06. The Balaban J connectivity index is 1.69. The molecule has 2 heterocycles. The number of nitrogens with zero attached hydrogens (tertiary/aromatic N) is 2. The molecule has 5 nitrogen and oxygen atoms in total. The summed E-state index contributed by atoms with van der Waals surface area (Å²) in [5, 5.41) is 3.68. The Hall–Kier alpha value is -2.31. The van der Waals surface area contributed by atoms with Crippen LogP contribution in [0, 0.1) is 0 Å². The standard InChI is InChI=1S/C17H16ClN3O2S/c18-15-5-3-4-14(10-15)13-24(22,23)21-9-7-17(12-21)20-11-16-6-1-2-8-19-16/h1-10,12,20H,11,13H2. The number of aromatic nitrogens is 2. The van der Waals surface area contributed by atoms with Crippen molar-refractivity contribution in [2.75, 3.05) is 5.32 Å². The van der Waals surface area contributed by atoms with Crippen molar-refractivity contribution in [3.63, 3.8) is 0 Å². The van der Waals surface area contributed by atoms with Gasteiger partial charge >= 0.3 is 0 Å². The van der Waals surface area contributed by atoms with E-state index >= 15 is 0 Å². The zero-order chi connectivity index (χ0) is 17.0. The van der Waals surface area contributed by atoms with E-state index < -0.39 is 10.0 Å². The summed E-state index contributed by atoms with van der Waals surface area (Å²) in [6.07, 6.45) is 4.81. The van der Waals surface area contributed by atoms with Crippen LogP contribution in [-0.2, 0) is 22.3 Å². The first-order chi connectivity index (χ1) is 11.5. The molecule has 0 aliphatic rings. The Bertz CT molecular complexity index is 924. The van der Waals surface area contributed by atoms with Crippen LogP contribution in [0.1, 0.15) is 11.3 Å². The summed E-state index contributed by atoms with van der Waals surface area (Å²) in [7, 11) is -3.49. The molecule has 0 saturated heterocycles. The predicted molar refractivity (Wildman–Crippen MR) is 95.5 cm³/mol. The highest BCUT2D eigenvalue weighted by Crippen LogP contribution is 2.17. The van der Waals surface area contributed by atoms with Gasteiger partial charge in [-0.05, 0) is 35.9 Å². The quantitative estimate of drug-likeness (QED) is 0.729. The number of hydrogen-bond donors (Lipinski definition) is 1. The normalized spacial score (nSPS) is 11.4. The van der Waals surface area contributed by atoms with Crippen molar-refractivity contribution in [3.8, 4) is 0 Å². The summed E-state index contributed by atoms with van der Waals surface area (Å²) < 4.78 is 26.2. The number of rotatable bonds is 6. The molecule has 0 unspecified atom stereocenters. The molecule has 0 aliphatic heterocycles. The molecular weight excluding hydrogens is 346 g/mol. The van der Waals surface area contributed by atoms with E-state index in [0.717, 1.165) is 11.4 Å². The third kappa shape index (κ3) is 4.15. The first kappa shape index (κ1) is 16.5. The van der Waals surface area contributed by atoms with Crippen LogP contribution in [0.2, 0.25) is 5.02 Å². The lowest BCUT2D eigenvalue weighted by Crippen LogP contribution is -2.13. The number of hydrogen-bond acceptors (Lipinski definition) is 4. The van der Waals surface area contributed by atoms with Crippen LogP contribution in [-0.4, -0.2) is 17.4 Å². The molecule has 0 fully saturated rings. The monoisotopic (exact) mass is 361 g/mol. The summed E-state index contributed by atoms with van der Waals surface area (Å²) in [5.74, 6) is -0.109. The minimum atomic E-state index is -3.49. The smallest absolute Gasteiger partial charge is 0.242 e. The fraction of sp³-hybridized carbons (Fsp3) is 0.118. The summed E-state index contributed by atoms with van der Waals surface area (Å²) in [6.45, 7) is 0.527. The largest absolute Gasteiger partial charge is 0.378 e. The second kappa shape index (κ2) is 7.07. The van der Waals surface area contributed by atoms with Gasteiger partial charge in [0.1, 0.15) is 0 Å². The van der Waals surface area contributed by atoms with Crippen molar-refractivity contribution in [2.45, 2.75) is 12.3 Å². The number of benzene rings is 1. The molecule has 0 aliphatic carbocycles. The van der Waals surface area contributed by atoms with Crippen molar-refractivity contribution < 1.29 is 8.42 Å². The van der Waals surface area contributed by atoms with Gasteiger partial charge in [-0.2, -0.15) is 0 Å². The Morgan fingerprint density at radius 1 is 1.12 bits per heavy atom. The van der Waals surface area contributed by atoms with Gasteiger partial charge in [-0.1, -0.05) is 29.8 Å². The van der Waals surface area contributed by atoms with Crippen LogP contribution in [0.15, 0.2) is 67.1 Å². The maximum absolute atomic E-state index is 12.5. The van der Waals surface area contributed by atoms with Crippen LogP contribution in [0.5, 0.6) is 0 Å². The average molecular weight is 362 g/mol. The predicted octanol–water partition coefficient (Wildman–Crippen LogP) is 3.53. The van der Waals surface area contributed by atoms with Gasteiger partial charge < -0.3 is 5.32 Å². The van der Waals surface area contributed by atoms with Crippen molar-refractivity contribution in [2.24, 2.45) is 0 Å². The van der Waals surface area contributed by atoms with Crippen LogP contribution >= 0.6 is 11.6 Å². The maximum atomic E-state index is 12.5. The molecule has 0 spiro atoms. The van der Waals surface area contributed by atoms with Gasteiger partial charge in [0.25, 0.3) is 0 Å². The molecule has 2 aromatic heterocycles. The number of nitrogens with one attached hydrogen (secondary N) is 1. The molecule has 3 rings (SSSR count). The Kier molecular flexibility index (Phi) is 4.87. The fourth-order valence-corrected chi connectivity index (χ4v) is 3.74. The molecular formula is C17H16ClN3O2S. The Morgan fingerprint density at radius 3 is 2.75 bits per heavy atom. The molecule has 1 aromatic carbocycles. The highest BCUT2D eigenvalue weighted by molar-refractivity contribution is 7.89. The summed E-state index contributed by atoms with van der Waals surface area (Å²) >= 11 is 5.91. The first-order valence-corrected chi connectivity index (χ1v) is 9.31. The van der Waals surface area contributed by atoms with Gasteiger partial charge in [0, 0.05) is 23.6 Å². The van der Waals surface area contributed by atoms with Crippen LogP contribution in [0.25, 0.3) is 0 Å². The van der Waals surface area contributed by atoms with Gasteiger partial charge in [-0.15, -0.1) is 0 Å². The van der Waals surface area contributed by atoms with Crippen LogP contribution in [0.3, 0.4) is 0 Å². The summed E-state index contributed by atoms with van der Waals surface area (Å²) in [4.78, 5) is 4.21. The highest BCUT2D eigenvalue weighted by atomic mass is 35.5. The zero-order valence-corrected chi connectivity index (χ0v) is 14.3. The van der Waals surface area contributed by atoms with Crippen LogP contribution < -0.4 is 5.32 Å². The third-order valence-corrected chi connectivity index (χ3v) is 5.23. The van der Waals surface area contributed by atoms with E-state index in [-0.39, 0.29) is 5.75 Å². The first-order valence-electron chi connectivity index (χ1n) is 7.32. The lowest BCUT2D eigenvalue weighted by atomic mass is 10.2. The van der Waals surface area contributed by atoms with Crippen molar-refractivity contribution >= 4 is 27.3 Å². The van der Waals surface area contributed by atoms with Gasteiger partial charge in [0.05, 0.1) is 23.7 Å².